The first-order valence-corrected chi connectivity index (χ1v) is 9.14. The summed E-state index contributed by atoms with van der Waals surface area (Å²) in [5, 5.41) is 19.9. The maximum atomic E-state index is 12.1. The maximum absolute atomic E-state index is 12.1. The van der Waals surface area contributed by atoms with Crippen LogP contribution in [0.25, 0.3) is 0 Å². The van der Waals surface area contributed by atoms with Crippen LogP contribution in [-0.2, 0) is 5.75 Å². The van der Waals surface area contributed by atoms with Gasteiger partial charge in [0, 0.05) is 5.69 Å². The number of amides is 1. The number of nitrogens with zero attached hydrogens (tertiary/aromatic N) is 4. The van der Waals surface area contributed by atoms with E-state index in [1.807, 2.05) is 31.2 Å². The number of nitrogens with two attached hydrogens (primary N) is 1. The highest BCUT2D eigenvalue weighted by Crippen LogP contribution is 2.28. The minimum Gasteiger partial charge on any atom is -0.374 e. The molecule has 0 radical (unpaired) electrons. The van der Waals surface area contributed by atoms with Crippen molar-refractivity contribution in [1.82, 2.24) is 20.4 Å². The monoisotopic (exact) mass is 364 g/mol. The molecule has 1 aromatic carbocycles. The molecule has 7 nitrogen and oxygen atoms in total. The van der Waals surface area contributed by atoms with Gasteiger partial charge in [0.2, 0.25) is 10.1 Å². The molecule has 1 amide bonds. The van der Waals surface area contributed by atoms with Crippen LogP contribution in [0.3, 0.4) is 0 Å². The average Bonchev–Trinajstić information content (AvgIpc) is 3.16. The lowest BCUT2D eigenvalue weighted by atomic mass is 10.2. The highest BCUT2D eigenvalue weighted by atomic mass is 32.2. The van der Waals surface area contributed by atoms with Crippen LogP contribution in [0.15, 0.2) is 28.6 Å². The normalized spacial score (nSPS) is 10.7. The highest BCUT2D eigenvalue weighted by Gasteiger charge is 2.14. The topological polar surface area (TPSA) is 107 Å². The van der Waals surface area contributed by atoms with Crippen LogP contribution in [-0.4, -0.2) is 26.3 Å². The van der Waals surface area contributed by atoms with E-state index in [0.29, 0.717) is 15.9 Å². The molecule has 23 heavy (non-hydrogen) atoms. The highest BCUT2D eigenvalue weighted by molar-refractivity contribution is 8.00. The molecule has 0 atom stereocenters. The summed E-state index contributed by atoms with van der Waals surface area (Å²) in [5.74, 6) is 0.312. The van der Waals surface area contributed by atoms with Gasteiger partial charge in [-0.2, -0.15) is 0 Å². The number of benzene rings is 1. The van der Waals surface area contributed by atoms with Crippen molar-refractivity contribution in [3.8, 4) is 0 Å². The molecule has 0 aliphatic carbocycles. The van der Waals surface area contributed by atoms with Crippen LogP contribution in [0.5, 0.6) is 0 Å². The SMILES string of the molecule is Cc1ccc(NC(=O)c2nnc(CSc3nnc(N)s3)s2)cc1. The van der Waals surface area contributed by atoms with Crippen LogP contribution in [0.1, 0.15) is 20.4 Å². The number of carbonyl (C=O) groups excluding carboxylic acids is 1. The Morgan fingerprint density at radius 3 is 2.65 bits per heavy atom. The van der Waals surface area contributed by atoms with Crippen molar-refractivity contribution in [2.24, 2.45) is 0 Å². The Labute approximate surface area is 144 Å². The molecule has 2 aromatic heterocycles. The molecule has 3 rings (SSSR count). The predicted octanol–water partition coefficient (Wildman–Crippen LogP) is 2.82. The average molecular weight is 364 g/mol. The van der Waals surface area contributed by atoms with Gasteiger partial charge in [-0.25, -0.2) is 0 Å². The van der Waals surface area contributed by atoms with Crippen molar-refractivity contribution in [2.45, 2.75) is 17.0 Å². The number of nitrogens with one attached hydrogen (secondary N) is 1. The fourth-order valence-corrected chi connectivity index (χ4v) is 3.98. The first-order valence-electron chi connectivity index (χ1n) is 6.52. The summed E-state index contributed by atoms with van der Waals surface area (Å²) in [6.07, 6.45) is 0. The van der Waals surface area contributed by atoms with Crippen LogP contribution in [0, 0.1) is 6.92 Å². The fourth-order valence-electron chi connectivity index (χ4n) is 1.63. The van der Waals surface area contributed by atoms with Crippen molar-refractivity contribution >= 4 is 51.2 Å². The van der Waals surface area contributed by atoms with Gasteiger partial charge in [-0.1, -0.05) is 52.1 Å². The Balaban J connectivity index is 1.59. The zero-order chi connectivity index (χ0) is 16.2. The lowest BCUT2D eigenvalue weighted by Crippen LogP contribution is -2.11. The number of rotatable bonds is 5. The number of anilines is 2. The summed E-state index contributed by atoms with van der Waals surface area (Å²) < 4.78 is 0.767. The summed E-state index contributed by atoms with van der Waals surface area (Å²) in [4.78, 5) is 12.1. The summed E-state index contributed by atoms with van der Waals surface area (Å²) in [6.45, 7) is 1.99. The van der Waals surface area contributed by atoms with E-state index >= 15 is 0 Å². The maximum Gasteiger partial charge on any atom is 0.286 e. The van der Waals surface area contributed by atoms with Gasteiger partial charge in [-0.15, -0.1) is 20.4 Å². The second kappa shape index (κ2) is 7.02. The Hall–Kier alpha value is -2.04. The second-order valence-corrected chi connectivity index (χ2v) is 7.81. The molecule has 118 valence electrons. The third-order valence-electron chi connectivity index (χ3n) is 2.71. The van der Waals surface area contributed by atoms with Crippen molar-refractivity contribution in [1.29, 1.82) is 0 Å². The molecule has 0 fully saturated rings. The molecule has 0 saturated heterocycles. The van der Waals surface area contributed by atoms with Gasteiger partial charge in [0.1, 0.15) is 5.01 Å². The van der Waals surface area contributed by atoms with E-state index < -0.39 is 0 Å². The molecule has 0 aliphatic heterocycles. The van der Waals surface area contributed by atoms with E-state index in [0.717, 1.165) is 20.6 Å². The van der Waals surface area contributed by atoms with Crippen LogP contribution >= 0.6 is 34.4 Å². The molecule has 0 spiro atoms. The number of aromatic nitrogens is 4. The third kappa shape index (κ3) is 4.24. The Morgan fingerprint density at radius 2 is 1.96 bits per heavy atom. The summed E-state index contributed by atoms with van der Waals surface area (Å²) in [6, 6.07) is 7.58. The Bertz CT molecular complexity index is 813. The number of carbonyl (C=O) groups is 1. The van der Waals surface area contributed by atoms with Gasteiger partial charge in [0.25, 0.3) is 5.91 Å². The smallest absolute Gasteiger partial charge is 0.286 e. The fraction of sp³-hybridized carbons (Fsp3) is 0.154. The van der Waals surface area contributed by atoms with Crippen molar-refractivity contribution in [2.75, 3.05) is 11.1 Å². The first-order chi connectivity index (χ1) is 11.1. The molecule has 3 N–H and O–H groups in total. The lowest BCUT2D eigenvalue weighted by molar-refractivity contribution is 0.102. The van der Waals surface area contributed by atoms with Crippen molar-refractivity contribution < 1.29 is 4.79 Å². The van der Waals surface area contributed by atoms with Gasteiger partial charge in [0.15, 0.2) is 4.34 Å². The summed E-state index contributed by atoms with van der Waals surface area (Å²) in [5.41, 5.74) is 7.39. The zero-order valence-electron chi connectivity index (χ0n) is 12.0. The number of aryl methyl sites for hydroxylation is 1. The molecular weight excluding hydrogens is 352 g/mol. The van der Waals surface area contributed by atoms with Crippen molar-refractivity contribution in [3.05, 3.63) is 39.8 Å². The van der Waals surface area contributed by atoms with Crippen LogP contribution in [0.4, 0.5) is 10.8 Å². The molecule has 10 heteroatoms. The lowest BCUT2D eigenvalue weighted by Gasteiger charge is -2.02. The van der Waals surface area contributed by atoms with Gasteiger partial charge in [-0.05, 0) is 19.1 Å². The largest absolute Gasteiger partial charge is 0.374 e. The molecule has 3 aromatic rings. The number of thioether (sulfide) groups is 1. The summed E-state index contributed by atoms with van der Waals surface area (Å²) >= 11 is 4.04. The standard InChI is InChI=1S/C13H12N6OS3/c1-7-2-4-8(5-3-7)15-10(20)11-17-16-9(22-11)6-21-13-19-18-12(14)23-13/h2-5H,6H2,1H3,(H2,14,18)(H,15,20). The Morgan fingerprint density at radius 1 is 1.17 bits per heavy atom. The van der Waals surface area contributed by atoms with Crippen LogP contribution in [0.2, 0.25) is 0 Å². The van der Waals surface area contributed by atoms with Gasteiger partial charge in [-0.3, -0.25) is 4.79 Å². The molecule has 0 bridgehead atoms. The number of nitrogen functional groups attached to an aromatic ring is 1. The van der Waals surface area contributed by atoms with E-state index in [2.05, 4.69) is 25.7 Å². The van der Waals surface area contributed by atoms with Gasteiger partial charge >= 0.3 is 0 Å². The second-order valence-electron chi connectivity index (χ2n) is 4.52. The molecule has 0 unspecified atom stereocenters. The van der Waals surface area contributed by atoms with Gasteiger partial charge < -0.3 is 11.1 Å². The van der Waals surface area contributed by atoms with Gasteiger partial charge in [0.05, 0.1) is 5.75 Å². The minimum absolute atomic E-state index is 0.261. The number of hydrogen-bond acceptors (Lipinski definition) is 9. The predicted molar refractivity (Wildman–Crippen MR) is 92.9 cm³/mol. The van der Waals surface area contributed by atoms with Crippen molar-refractivity contribution in [3.63, 3.8) is 0 Å². The summed E-state index contributed by atoms with van der Waals surface area (Å²) in [7, 11) is 0. The quantitative estimate of drug-likeness (QED) is 0.670. The Kier molecular flexibility index (Phi) is 4.84. The molecular formula is C13H12N6OS3. The molecule has 0 saturated carbocycles. The first kappa shape index (κ1) is 15.8. The van der Waals surface area contributed by atoms with E-state index in [4.69, 9.17) is 5.73 Å². The molecule has 0 aliphatic rings. The van der Waals surface area contributed by atoms with E-state index in [1.165, 1.54) is 34.4 Å². The van der Waals surface area contributed by atoms with Crippen LogP contribution < -0.4 is 11.1 Å². The van der Waals surface area contributed by atoms with E-state index in [1.54, 1.807) is 0 Å². The van der Waals surface area contributed by atoms with E-state index in [-0.39, 0.29) is 5.91 Å². The zero-order valence-corrected chi connectivity index (χ0v) is 14.5. The third-order valence-corrected chi connectivity index (χ3v) is 5.71. The minimum atomic E-state index is -0.261. The number of hydrogen-bond donors (Lipinski definition) is 2. The molecule has 2 heterocycles. The van der Waals surface area contributed by atoms with E-state index in [9.17, 15) is 4.79 Å².